The van der Waals surface area contributed by atoms with E-state index in [0.717, 1.165) is 19.5 Å². The van der Waals surface area contributed by atoms with Crippen molar-refractivity contribution in [1.82, 2.24) is 5.32 Å². The van der Waals surface area contributed by atoms with E-state index in [-0.39, 0.29) is 0 Å². The quantitative estimate of drug-likeness (QED) is 0.498. The molecule has 2 heteroatoms. The molecule has 0 spiro atoms. The maximum Gasteiger partial charge on any atom is 0.0173 e. The van der Waals surface area contributed by atoms with Crippen LogP contribution in [0, 0.1) is 0 Å². The zero-order valence-corrected chi connectivity index (χ0v) is 7.99. The monoisotopic (exact) mass is 173 g/mol. The van der Waals surface area contributed by atoms with Crippen LogP contribution in [0.25, 0.3) is 0 Å². The molecule has 11 heavy (non-hydrogen) atoms. The summed E-state index contributed by atoms with van der Waals surface area (Å²) in [5.41, 5.74) is 2.79. The van der Waals surface area contributed by atoms with E-state index in [1.165, 1.54) is 5.57 Å². The minimum Gasteiger partial charge on any atom is -0.313 e. The van der Waals surface area contributed by atoms with Gasteiger partial charge in [-0.3, -0.25) is 0 Å². The predicted octanol–water partition coefficient (Wildman–Crippen LogP) is 2.68. The van der Waals surface area contributed by atoms with E-state index in [1.807, 2.05) is 13.8 Å². The minimum absolute atomic E-state index is 0.890. The Morgan fingerprint density at radius 1 is 1.55 bits per heavy atom. The van der Waals surface area contributed by atoms with Gasteiger partial charge in [-0.15, -0.1) is 0 Å². The number of hydrogen-bond acceptors (Lipinski definition) is 1. The van der Waals surface area contributed by atoms with Crippen LogP contribution in [0.4, 0.5) is 0 Å². The van der Waals surface area contributed by atoms with Crippen LogP contribution in [0.1, 0.15) is 20.3 Å². The summed E-state index contributed by atoms with van der Waals surface area (Å²) in [6.45, 7) is 5.95. The van der Waals surface area contributed by atoms with Gasteiger partial charge in [0.1, 0.15) is 0 Å². The molecular formula is C9H16ClN. The standard InChI is InChI=1S/C9H16ClN/c1-3-4-5-6-11-8-9(2)7-10/h3-4,7,11H,5-6,8H2,1-2H3/b4-3+,9-7+. The Morgan fingerprint density at radius 3 is 2.82 bits per heavy atom. The van der Waals surface area contributed by atoms with Crippen molar-refractivity contribution >= 4 is 11.6 Å². The third kappa shape index (κ3) is 7.63. The summed E-state index contributed by atoms with van der Waals surface area (Å²) in [7, 11) is 0. The molecule has 0 saturated heterocycles. The summed E-state index contributed by atoms with van der Waals surface area (Å²) in [6, 6.07) is 0. The average molecular weight is 174 g/mol. The van der Waals surface area contributed by atoms with Crippen molar-refractivity contribution in [2.45, 2.75) is 20.3 Å². The third-order valence-electron chi connectivity index (χ3n) is 1.31. The number of rotatable bonds is 5. The molecule has 64 valence electrons. The lowest BCUT2D eigenvalue weighted by Crippen LogP contribution is -2.16. The smallest absolute Gasteiger partial charge is 0.0173 e. The first-order valence-electron chi connectivity index (χ1n) is 3.89. The number of hydrogen-bond donors (Lipinski definition) is 1. The van der Waals surface area contributed by atoms with Gasteiger partial charge in [0.2, 0.25) is 0 Å². The van der Waals surface area contributed by atoms with Gasteiger partial charge in [0.25, 0.3) is 0 Å². The molecule has 0 radical (unpaired) electrons. The molecule has 0 aliphatic carbocycles. The Labute approximate surface area is 74.1 Å². The Morgan fingerprint density at radius 2 is 2.27 bits per heavy atom. The van der Waals surface area contributed by atoms with Crippen molar-refractivity contribution in [2.24, 2.45) is 0 Å². The highest BCUT2D eigenvalue weighted by molar-refractivity contribution is 6.25. The lowest BCUT2D eigenvalue weighted by Gasteiger charge is -2.00. The molecule has 0 amide bonds. The first-order chi connectivity index (χ1) is 5.31. The number of nitrogens with one attached hydrogen (secondary N) is 1. The van der Waals surface area contributed by atoms with E-state index < -0.39 is 0 Å². The fraction of sp³-hybridized carbons (Fsp3) is 0.556. The van der Waals surface area contributed by atoms with Crippen LogP contribution in [0.15, 0.2) is 23.3 Å². The highest BCUT2D eigenvalue weighted by Crippen LogP contribution is 1.91. The van der Waals surface area contributed by atoms with Crippen molar-refractivity contribution in [1.29, 1.82) is 0 Å². The van der Waals surface area contributed by atoms with Crippen molar-refractivity contribution in [3.8, 4) is 0 Å². The summed E-state index contributed by atoms with van der Waals surface area (Å²) >= 11 is 5.48. The molecule has 0 aromatic carbocycles. The Bertz CT molecular complexity index is 138. The molecule has 0 saturated carbocycles. The van der Waals surface area contributed by atoms with Gasteiger partial charge in [0, 0.05) is 12.1 Å². The first-order valence-corrected chi connectivity index (χ1v) is 4.32. The maximum absolute atomic E-state index is 5.48. The van der Waals surface area contributed by atoms with Crippen molar-refractivity contribution in [2.75, 3.05) is 13.1 Å². The highest BCUT2D eigenvalue weighted by atomic mass is 35.5. The Hall–Kier alpha value is -0.270. The van der Waals surface area contributed by atoms with Crippen molar-refractivity contribution < 1.29 is 0 Å². The SMILES string of the molecule is C/C=C/CCNC/C(C)=C/Cl. The minimum atomic E-state index is 0.890. The molecule has 0 atom stereocenters. The molecule has 0 aliphatic heterocycles. The molecule has 0 aliphatic rings. The lowest BCUT2D eigenvalue weighted by molar-refractivity contribution is 0.738. The van der Waals surface area contributed by atoms with Gasteiger partial charge < -0.3 is 5.32 Å². The first kappa shape index (κ1) is 10.7. The third-order valence-corrected chi connectivity index (χ3v) is 1.69. The van der Waals surface area contributed by atoms with Crippen LogP contribution in [0.2, 0.25) is 0 Å². The van der Waals surface area contributed by atoms with Gasteiger partial charge in [-0.2, -0.15) is 0 Å². The summed E-state index contributed by atoms with van der Waals surface area (Å²) in [5, 5.41) is 3.27. The van der Waals surface area contributed by atoms with Crippen LogP contribution in [-0.4, -0.2) is 13.1 Å². The van der Waals surface area contributed by atoms with Crippen molar-refractivity contribution in [3.63, 3.8) is 0 Å². The van der Waals surface area contributed by atoms with E-state index in [4.69, 9.17) is 11.6 Å². The molecular weight excluding hydrogens is 158 g/mol. The molecule has 0 aromatic heterocycles. The second-order valence-electron chi connectivity index (χ2n) is 2.49. The van der Waals surface area contributed by atoms with E-state index in [9.17, 15) is 0 Å². The summed E-state index contributed by atoms with van der Waals surface area (Å²) < 4.78 is 0. The zero-order valence-electron chi connectivity index (χ0n) is 7.23. The predicted molar refractivity (Wildman–Crippen MR) is 51.9 cm³/mol. The molecule has 0 heterocycles. The Kier molecular flexibility index (Phi) is 7.64. The number of allylic oxidation sites excluding steroid dienone is 1. The van der Waals surface area contributed by atoms with Gasteiger partial charge >= 0.3 is 0 Å². The van der Waals surface area contributed by atoms with Gasteiger partial charge in [-0.25, -0.2) is 0 Å². The summed E-state index contributed by atoms with van der Waals surface area (Å²) in [4.78, 5) is 0. The second kappa shape index (κ2) is 7.83. The fourth-order valence-electron chi connectivity index (χ4n) is 0.676. The lowest BCUT2D eigenvalue weighted by atomic mass is 10.3. The normalized spacial score (nSPS) is 12.8. The van der Waals surface area contributed by atoms with E-state index >= 15 is 0 Å². The van der Waals surface area contributed by atoms with Gasteiger partial charge in [0.15, 0.2) is 0 Å². The topological polar surface area (TPSA) is 12.0 Å². The van der Waals surface area contributed by atoms with Crippen molar-refractivity contribution in [3.05, 3.63) is 23.3 Å². The van der Waals surface area contributed by atoms with Crippen LogP contribution in [-0.2, 0) is 0 Å². The highest BCUT2D eigenvalue weighted by Gasteiger charge is 1.86. The van der Waals surface area contributed by atoms with Crippen LogP contribution in [0.5, 0.6) is 0 Å². The maximum atomic E-state index is 5.48. The van der Waals surface area contributed by atoms with Crippen LogP contribution in [0.3, 0.4) is 0 Å². The largest absolute Gasteiger partial charge is 0.313 e. The van der Waals surface area contributed by atoms with E-state index in [1.54, 1.807) is 5.54 Å². The van der Waals surface area contributed by atoms with E-state index in [0.29, 0.717) is 0 Å². The van der Waals surface area contributed by atoms with Gasteiger partial charge in [0.05, 0.1) is 0 Å². The van der Waals surface area contributed by atoms with Crippen LogP contribution >= 0.6 is 11.6 Å². The number of halogens is 1. The van der Waals surface area contributed by atoms with Crippen LogP contribution < -0.4 is 5.32 Å². The molecule has 0 bridgehead atoms. The molecule has 0 aromatic rings. The summed E-state index contributed by atoms with van der Waals surface area (Å²) in [6.07, 6.45) is 5.30. The molecule has 0 unspecified atom stereocenters. The van der Waals surface area contributed by atoms with Gasteiger partial charge in [-0.1, -0.05) is 23.8 Å². The molecule has 1 nitrogen and oxygen atoms in total. The average Bonchev–Trinajstić information content (AvgIpc) is 2.04. The van der Waals surface area contributed by atoms with Gasteiger partial charge in [-0.05, 0) is 32.4 Å². The molecule has 1 N–H and O–H groups in total. The Balaban J connectivity index is 3.15. The van der Waals surface area contributed by atoms with E-state index in [2.05, 4.69) is 17.5 Å². The summed E-state index contributed by atoms with van der Waals surface area (Å²) in [5.74, 6) is 0. The zero-order chi connectivity index (χ0) is 8.53. The molecule has 0 fully saturated rings. The molecule has 0 rings (SSSR count). The fourth-order valence-corrected chi connectivity index (χ4v) is 0.753. The second-order valence-corrected chi connectivity index (χ2v) is 2.71.